The van der Waals surface area contributed by atoms with Gasteiger partial charge < -0.3 is 21.0 Å². The fraction of sp³-hybridized carbons (Fsp3) is 0.316. The van der Waals surface area contributed by atoms with Gasteiger partial charge in [-0.3, -0.25) is 14.5 Å². The normalized spacial score (nSPS) is 20.4. The minimum Gasteiger partial charge on any atom is -0.477 e. The van der Waals surface area contributed by atoms with Crippen molar-refractivity contribution in [1.29, 1.82) is 0 Å². The predicted molar refractivity (Wildman–Crippen MR) is 134 cm³/mol. The standard InChI is InChI=1S/C19H19N7O5S4/c1-7(34-19-24-23-8(2)35-19)4-9-5-32-16-12(15(28)26(16)13(9)17(29)30)22-14(27)11(25-31-3)10-6-33-18(20)21-10/h4,6,12,16H,5H2,1-3H3,(H2,20,21)(H,22,27)(H,29,30). The number of rotatable bonds is 8. The molecule has 4 rings (SSSR count). The highest BCUT2D eigenvalue weighted by Crippen LogP contribution is 2.41. The molecule has 35 heavy (non-hydrogen) atoms. The van der Waals surface area contributed by atoms with Crippen LogP contribution in [0.3, 0.4) is 0 Å². The van der Waals surface area contributed by atoms with Crippen molar-refractivity contribution < 1.29 is 24.3 Å². The molecule has 2 aromatic heterocycles. The molecule has 0 spiro atoms. The van der Waals surface area contributed by atoms with E-state index < -0.39 is 29.2 Å². The number of hydrogen-bond donors (Lipinski definition) is 3. The first-order valence-electron chi connectivity index (χ1n) is 9.90. The zero-order valence-corrected chi connectivity index (χ0v) is 21.8. The van der Waals surface area contributed by atoms with E-state index in [1.165, 1.54) is 46.9 Å². The minimum absolute atomic E-state index is 0.101. The summed E-state index contributed by atoms with van der Waals surface area (Å²) in [7, 11) is 1.28. The maximum atomic E-state index is 12.9. The number of nitrogens with two attached hydrogens (primary N) is 1. The summed E-state index contributed by atoms with van der Waals surface area (Å²) < 4.78 is 0.744. The molecule has 2 aliphatic rings. The molecule has 2 aromatic rings. The lowest BCUT2D eigenvalue weighted by atomic mass is 10.0. The highest BCUT2D eigenvalue weighted by molar-refractivity contribution is 8.04. The summed E-state index contributed by atoms with van der Waals surface area (Å²) in [6.07, 6.45) is 1.74. The second-order valence-electron chi connectivity index (χ2n) is 7.18. The number of nitrogen functional groups attached to an aromatic ring is 1. The van der Waals surface area contributed by atoms with E-state index in [9.17, 15) is 19.5 Å². The number of anilines is 1. The lowest BCUT2D eigenvalue weighted by Gasteiger charge is -2.49. The monoisotopic (exact) mass is 553 g/mol. The zero-order chi connectivity index (χ0) is 25.3. The molecule has 2 aliphatic heterocycles. The summed E-state index contributed by atoms with van der Waals surface area (Å²) in [5.74, 6) is -2.08. The first kappa shape index (κ1) is 25.2. The van der Waals surface area contributed by atoms with Gasteiger partial charge in [0.2, 0.25) is 0 Å². The zero-order valence-electron chi connectivity index (χ0n) is 18.5. The Balaban J connectivity index is 1.52. The molecule has 0 bridgehead atoms. The molecule has 0 aliphatic carbocycles. The first-order valence-corrected chi connectivity index (χ1v) is 13.5. The van der Waals surface area contributed by atoms with Crippen molar-refractivity contribution in [1.82, 2.24) is 25.4 Å². The lowest BCUT2D eigenvalue weighted by molar-refractivity contribution is -0.150. The molecule has 2 unspecified atom stereocenters. The largest absolute Gasteiger partial charge is 0.477 e. The van der Waals surface area contributed by atoms with E-state index in [0.29, 0.717) is 11.3 Å². The number of carboxylic acids is 1. The third kappa shape index (κ3) is 5.19. The van der Waals surface area contributed by atoms with Crippen molar-refractivity contribution in [3.05, 3.63) is 38.3 Å². The Morgan fingerprint density at radius 3 is 2.80 bits per heavy atom. The summed E-state index contributed by atoms with van der Waals surface area (Å²) in [6, 6.07) is -0.926. The quantitative estimate of drug-likeness (QED) is 0.188. The van der Waals surface area contributed by atoms with Gasteiger partial charge in [-0.2, -0.15) is 0 Å². The Hall–Kier alpha value is -2.95. The number of β-lactam (4-membered cyclic amide) rings is 1. The van der Waals surface area contributed by atoms with Gasteiger partial charge in [-0.05, 0) is 30.4 Å². The number of nitrogens with zero attached hydrogens (tertiary/aromatic N) is 5. The molecular weight excluding hydrogens is 535 g/mol. The summed E-state index contributed by atoms with van der Waals surface area (Å²) in [5.41, 5.74) is 6.12. The first-order chi connectivity index (χ1) is 16.7. The maximum Gasteiger partial charge on any atom is 0.352 e. The number of hydrogen-bond acceptors (Lipinski definition) is 13. The minimum atomic E-state index is -1.22. The van der Waals surface area contributed by atoms with Crippen molar-refractivity contribution in [3.63, 3.8) is 0 Å². The smallest absolute Gasteiger partial charge is 0.352 e. The van der Waals surface area contributed by atoms with Crippen molar-refractivity contribution >= 4 is 74.8 Å². The topological polar surface area (TPSA) is 173 Å². The van der Waals surface area contributed by atoms with E-state index in [-0.39, 0.29) is 22.2 Å². The number of aromatic nitrogens is 3. The molecule has 0 aromatic carbocycles. The molecule has 4 heterocycles. The van der Waals surface area contributed by atoms with Gasteiger partial charge in [-0.25, -0.2) is 9.78 Å². The van der Waals surface area contributed by atoms with Gasteiger partial charge in [0.05, 0.1) is 0 Å². The summed E-state index contributed by atoms with van der Waals surface area (Å²) >= 11 is 5.30. The van der Waals surface area contributed by atoms with Crippen LogP contribution in [0.2, 0.25) is 0 Å². The Morgan fingerprint density at radius 2 is 2.20 bits per heavy atom. The molecule has 0 radical (unpaired) electrons. The van der Waals surface area contributed by atoms with Crippen LogP contribution < -0.4 is 11.1 Å². The Kier molecular flexibility index (Phi) is 7.44. The molecule has 4 N–H and O–H groups in total. The van der Waals surface area contributed by atoms with Crippen LogP contribution in [0.1, 0.15) is 17.6 Å². The van der Waals surface area contributed by atoms with Gasteiger partial charge in [0.15, 0.2) is 15.2 Å². The highest BCUT2D eigenvalue weighted by Gasteiger charge is 2.54. The van der Waals surface area contributed by atoms with Gasteiger partial charge in [-0.1, -0.05) is 28.3 Å². The maximum absolute atomic E-state index is 12.9. The van der Waals surface area contributed by atoms with E-state index in [1.807, 2.05) is 13.8 Å². The summed E-state index contributed by atoms with van der Waals surface area (Å²) in [4.78, 5) is 48.7. The number of thiazole rings is 1. The Bertz CT molecular complexity index is 1280. The molecule has 184 valence electrons. The molecule has 1 fully saturated rings. The van der Waals surface area contributed by atoms with Gasteiger partial charge in [0.1, 0.15) is 34.9 Å². The van der Waals surface area contributed by atoms with E-state index in [0.717, 1.165) is 25.6 Å². The van der Waals surface area contributed by atoms with Crippen molar-refractivity contribution in [2.24, 2.45) is 5.16 Å². The Labute approximate surface area is 215 Å². The number of fused-ring (bicyclic) bond motifs is 1. The molecular formula is C19H19N7O5S4. The number of oxime groups is 1. The second kappa shape index (κ2) is 10.3. The number of carboxylic acid groups (broad SMARTS) is 1. The second-order valence-corrected chi connectivity index (χ2v) is 11.8. The van der Waals surface area contributed by atoms with Gasteiger partial charge >= 0.3 is 5.97 Å². The summed E-state index contributed by atoms with van der Waals surface area (Å²) in [6.45, 7) is 3.69. The fourth-order valence-electron chi connectivity index (χ4n) is 3.39. The SMILES string of the molecule is CON=C(C(=O)NC1C(=O)N2C(C(=O)O)=C(C=C(C)Sc3nnc(C)s3)CSC12)c1csc(N)n1. The number of amides is 2. The van der Waals surface area contributed by atoms with Gasteiger partial charge in [0.25, 0.3) is 11.8 Å². The number of thioether (sulfide) groups is 2. The number of aryl methyl sites for hydroxylation is 1. The Morgan fingerprint density at radius 1 is 1.43 bits per heavy atom. The van der Waals surface area contributed by atoms with Crippen molar-refractivity contribution in [3.8, 4) is 0 Å². The lowest BCUT2D eigenvalue weighted by Crippen LogP contribution is -2.71. The van der Waals surface area contributed by atoms with Crippen LogP contribution in [0.4, 0.5) is 5.13 Å². The van der Waals surface area contributed by atoms with Crippen LogP contribution in [0.15, 0.2) is 37.1 Å². The van der Waals surface area contributed by atoms with E-state index in [2.05, 4.69) is 25.7 Å². The van der Waals surface area contributed by atoms with Crippen molar-refractivity contribution in [2.45, 2.75) is 29.6 Å². The highest BCUT2D eigenvalue weighted by atomic mass is 32.2. The van der Waals surface area contributed by atoms with Gasteiger partial charge in [-0.15, -0.1) is 33.3 Å². The number of carbonyl (C=O) groups excluding carboxylic acids is 2. The van der Waals surface area contributed by atoms with Crippen molar-refractivity contribution in [2.75, 3.05) is 18.6 Å². The molecule has 2 amide bonds. The number of carbonyl (C=O) groups is 3. The van der Waals surface area contributed by atoms with Crippen LogP contribution in [0, 0.1) is 6.92 Å². The van der Waals surface area contributed by atoms with Crippen LogP contribution in [0.5, 0.6) is 0 Å². The number of nitrogens with one attached hydrogen (secondary N) is 1. The summed E-state index contributed by atoms with van der Waals surface area (Å²) in [5, 5.41) is 26.3. The molecule has 12 nitrogen and oxygen atoms in total. The van der Waals surface area contributed by atoms with Crippen LogP contribution in [0.25, 0.3) is 0 Å². The van der Waals surface area contributed by atoms with Crippen LogP contribution in [-0.2, 0) is 19.2 Å². The van der Waals surface area contributed by atoms with Crippen LogP contribution >= 0.6 is 46.2 Å². The van der Waals surface area contributed by atoms with Crippen LogP contribution in [-0.4, -0.2) is 73.0 Å². The third-order valence-corrected chi connectivity index (χ3v) is 8.59. The average molecular weight is 554 g/mol. The number of aliphatic carboxylic acids is 1. The molecule has 1 saturated heterocycles. The van der Waals surface area contributed by atoms with Gasteiger partial charge in [0, 0.05) is 11.1 Å². The number of allylic oxidation sites excluding steroid dienone is 2. The molecule has 16 heteroatoms. The van der Waals surface area contributed by atoms with E-state index in [1.54, 1.807) is 11.5 Å². The fourth-order valence-corrected chi connectivity index (χ4v) is 7.14. The predicted octanol–water partition coefficient (Wildman–Crippen LogP) is 1.67. The molecule has 0 saturated carbocycles. The third-order valence-electron chi connectivity index (χ3n) is 4.78. The molecule has 2 atom stereocenters. The average Bonchev–Trinajstić information content (AvgIpc) is 3.42. The van der Waals surface area contributed by atoms with E-state index in [4.69, 9.17) is 10.6 Å². The van der Waals surface area contributed by atoms with E-state index >= 15 is 0 Å².